The first-order chi connectivity index (χ1) is 10.1. The first-order valence-corrected chi connectivity index (χ1v) is 6.71. The van der Waals surface area contributed by atoms with Crippen LogP contribution in [0, 0.1) is 5.82 Å². The third-order valence-electron chi connectivity index (χ3n) is 3.29. The Bertz CT molecular complexity index is 787. The van der Waals surface area contributed by atoms with Crippen LogP contribution in [0.3, 0.4) is 0 Å². The molecule has 0 radical (unpaired) electrons. The van der Waals surface area contributed by atoms with E-state index < -0.39 is 5.82 Å². The molecule has 0 unspecified atom stereocenters. The lowest BCUT2D eigenvalue weighted by atomic mass is 10.1. The summed E-state index contributed by atoms with van der Waals surface area (Å²) in [6.07, 6.45) is 1.71. The Labute approximate surface area is 122 Å². The lowest BCUT2D eigenvalue weighted by molar-refractivity contribution is 0.441. The van der Waals surface area contributed by atoms with E-state index in [2.05, 4.69) is 4.98 Å². The van der Waals surface area contributed by atoms with Crippen molar-refractivity contribution in [2.45, 2.75) is 13.0 Å². The third-order valence-corrected chi connectivity index (χ3v) is 3.29. The summed E-state index contributed by atoms with van der Waals surface area (Å²) in [5.74, 6) is 0.300. The molecule has 0 bridgehead atoms. The Morgan fingerprint density at radius 3 is 2.76 bits per heavy atom. The smallest absolute Gasteiger partial charge is 0.166 e. The largest absolute Gasteiger partial charge is 0.454 e. The van der Waals surface area contributed by atoms with Crippen LogP contribution in [-0.4, -0.2) is 4.98 Å². The monoisotopic (exact) mass is 282 g/mol. The van der Waals surface area contributed by atoms with Crippen molar-refractivity contribution < 1.29 is 9.13 Å². The number of ether oxygens (including phenoxy) is 1. The molecule has 3 nitrogen and oxygen atoms in total. The van der Waals surface area contributed by atoms with Gasteiger partial charge in [0.25, 0.3) is 0 Å². The van der Waals surface area contributed by atoms with Gasteiger partial charge in [-0.05, 0) is 42.8 Å². The molecule has 1 atom stereocenters. The van der Waals surface area contributed by atoms with Crippen LogP contribution in [0.4, 0.5) is 4.39 Å². The summed E-state index contributed by atoms with van der Waals surface area (Å²) in [7, 11) is 0. The van der Waals surface area contributed by atoms with Crippen LogP contribution >= 0.6 is 0 Å². The first kappa shape index (κ1) is 13.5. The van der Waals surface area contributed by atoms with Gasteiger partial charge in [-0.1, -0.05) is 12.1 Å². The average Bonchev–Trinajstić information content (AvgIpc) is 2.49. The number of fused-ring (bicyclic) bond motifs is 1. The Hall–Kier alpha value is -2.46. The van der Waals surface area contributed by atoms with Crippen LogP contribution in [0.25, 0.3) is 10.9 Å². The van der Waals surface area contributed by atoms with E-state index in [9.17, 15) is 4.39 Å². The van der Waals surface area contributed by atoms with Gasteiger partial charge < -0.3 is 10.5 Å². The number of pyridine rings is 1. The molecular weight excluding hydrogens is 267 g/mol. The Morgan fingerprint density at radius 1 is 1.14 bits per heavy atom. The summed E-state index contributed by atoms with van der Waals surface area (Å²) in [4.78, 5) is 4.25. The highest BCUT2D eigenvalue weighted by Crippen LogP contribution is 2.28. The highest BCUT2D eigenvalue weighted by molar-refractivity contribution is 5.79. The molecule has 0 saturated heterocycles. The van der Waals surface area contributed by atoms with Gasteiger partial charge in [-0.3, -0.25) is 4.98 Å². The Kier molecular flexibility index (Phi) is 3.54. The first-order valence-electron chi connectivity index (χ1n) is 6.71. The molecule has 3 rings (SSSR count). The minimum atomic E-state index is -0.425. The number of hydrogen-bond donors (Lipinski definition) is 1. The van der Waals surface area contributed by atoms with Gasteiger partial charge in [-0.25, -0.2) is 4.39 Å². The number of halogens is 1. The molecule has 1 heterocycles. The molecular formula is C17H15FN2O. The van der Waals surface area contributed by atoms with Crippen molar-refractivity contribution in [3.05, 3.63) is 66.1 Å². The van der Waals surface area contributed by atoms with Crippen LogP contribution in [-0.2, 0) is 0 Å². The van der Waals surface area contributed by atoms with Crippen molar-refractivity contribution in [2.24, 2.45) is 5.73 Å². The molecule has 0 aliphatic rings. The molecule has 2 aromatic carbocycles. The molecule has 106 valence electrons. The summed E-state index contributed by atoms with van der Waals surface area (Å²) >= 11 is 0. The minimum Gasteiger partial charge on any atom is -0.454 e. The number of aromatic nitrogens is 1. The topological polar surface area (TPSA) is 48.1 Å². The quantitative estimate of drug-likeness (QED) is 0.783. The predicted molar refractivity (Wildman–Crippen MR) is 80.8 cm³/mol. The number of rotatable bonds is 3. The van der Waals surface area contributed by atoms with E-state index in [1.165, 1.54) is 6.07 Å². The highest BCUT2D eigenvalue weighted by atomic mass is 19.1. The summed E-state index contributed by atoms with van der Waals surface area (Å²) in [5.41, 5.74) is 7.28. The number of nitrogens with zero attached hydrogens (tertiary/aromatic N) is 1. The average molecular weight is 282 g/mol. The van der Waals surface area contributed by atoms with Crippen LogP contribution in [0.2, 0.25) is 0 Å². The standard InChI is InChI=1S/C17H15FN2O/c1-11(19)13-5-7-17(15(18)9-13)21-14-6-4-12-3-2-8-20-16(12)10-14/h2-11H,19H2,1H3/t11-/m1/s1. The second kappa shape index (κ2) is 5.50. The highest BCUT2D eigenvalue weighted by Gasteiger charge is 2.08. The molecule has 3 aromatic rings. The molecule has 0 saturated carbocycles. The molecule has 21 heavy (non-hydrogen) atoms. The molecule has 4 heteroatoms. The molecule has 0 spiro atoms. The second-order valence-corrected chi connectivity index (χ2v) is 4.94. The fourth-order valence-electron chi connectivity index (χ4n) is 2.12. The van der Waals surface area contributed by atoms with E-state index in [4.69, 9.17) is 10.5 Å². The van der Waals surface area contributed by atoms with Crippen LogP contribution in [0.1, 0.15) is 18.5 Å². The zero-order chi connectivity index (χ0) is 14.8. The lowest BCUT2D eigenvalue weighted by Crippen LogP contribution is -2.05. The van der Waals surface area contributed by atoms with Gasteiger partial charge in [-0.2, -0.15) is 0 Å². The zero-order valence-electron chi connectivity index (χ0n) is 11.6. The van der Waals surface area contributed by atoms with Gasteiger partial charge in [0.05, 0.1) is 5.52 Å². The van der Waals surface area contributed by atoms with Gasteiger partial charge in [-0.15, -0.1) is 0 Å². The van der Waals surface area contributed by atoms with E-state index in [-0.39, 0.29) is 11.8 Å². The predicted octanol–water partition coefficient (Wildman–Crippen LogP) is 4.19. The third kappa shape index (κ3) is 2.85. The molecule has 0 aliphatic heterocycles. The van der Waals surface area contributed by atoms with Crippen molar-refractivity contribution in [2.75, 3.05) is 0 Å². The number of nitrogens with two attached hydrogens (primary N) is 1. The summed E-state index contributed by atoms with van der Waals surface area (Å²) in [5, 5.41) is 1.01. The normalized spacial score (nSPS) is 12.3. The summed E-state index contributed by atoms with van der Waals surface area (Å²) in [6.45, 7) is 1.81. The lowest BCUT2D eigenvalue weighted by Gasteiger charge is -2.10. The Balaban J connectivity index is 1.91. The maximum absolute atomic E-state index is 14.0. The van der Waals surface area contributed by atoms with Crippen LogP contribution < -0.4 is 10.5 Å². The van der Waals surface area contributed by atoms with Gasteiger partial charge in [0, 0.05) is 23.7 Å². The summed E-state index contributed by atoms with van der Waals surface area (Å²) in [6, 6.07) is 13.9. The molecule has 0 aliphatic carbocycles. The fraction of sp³-hybridized carbons (Fsp3) is 0.118. The van der Waals surface area contributed by atoms with Crippen LogP contribution in [0.5, 0.6) is 11.5 Å². The van der Waals surface area contributed by atoms with E-state index >= 15 is 0 Å². The number of hydrogen-bond acceptors (Lipinski definition) is 3. The second-order valence-electron chi connectivity index (χ2n) is 4.94. The maximum atomic E-state index is 14.0. The van der Waals surface area contributed by atoms with Crippen molar-refractivity contribution in [3.8, 4) is 11.5 Å². The molecule has 0 amide bonds. The van der Waals surface area contributed by atoms with Gasteiger partial charge in [0.1, 0.15) is 5.75 Å². The zero-order valence-corrected chi connectivity index (χ0v) is 11.6. The fourth-order valence-corrected chi connectivity index (χ4v) is 2.12. The summed E-state index contributed by atoms with van der Waals surface area (Å²) < 4.78 is 19.6. The number of benzene rings is 2. The van der Waals surface area contributed by atoms with Crippen molar-refractivity contribution in [1.29, 1.82) is 0 Å². The van der Waals surface area contributed by atoms with E-state index in [1.807, 2.05) is 25.1 Å². The molecule has 2 N–H and O–H groups in total. The van der Waals surface area contributed by atoms with Gasteiger partial charge in [0.2, 0.25) is 0 Å². The van der Waals surface area contributed by atoms with Gasteiger partial charge in [0.15, 0.2) is 11.6 Å². The SMILES string of the molecule is C[C@@H](N)c1ccc(Oc2ccc3cccnc3c2)c(F)c1. The molecule has 1 aromatic heterocycles. The van der Waals surface area contributed by atoms with Gasteiger partial charge >= 0.3 is 0 Å². The van der Waals surface area contributed by atoms with Crippen molar-refractivity contribution >= 4 is 10.9 Å². The van der Waals surface area contributed by atoms with Crippen molar-refractivity contribution in [1.82, 2.24) is 4.98 Å². The van der Waals surface area contributed by atoms with Crippen LogP contribution in [0.15, 0.2) is 54.7 Å². The van der Waals surface area contributed by atoms with E-state index in [0.29, 0.717) is 5.75 Å². The van der Waals surface area contributed by atoms with Crippen molar-refractivity contribution in [3.63, 3.8) is 0 Å². The molecule has 0 fully saturated rings. The maximum Gasteiger partial charge on any atom is 0.166 e. The van der Waals surface area contributed by atoms with E-state index in [1.54, 1.807) is 30.5 Å². The minimum absolute atomic E-state index is 0.176. The van der Waals surface area contributed by atoms with E-state index in [0.717, 1.165) is 16.5 Å². The Morgan fingerprint density at radius 2 is 2.00 bits per heavy atom.